The summed E-state index contributed by atoms with van der Waals surface area (Å²) in [5.41, 5.74) is 1.25. The van der Waals surface area contributed by atoms with E-state index in [-0.39, 0.29) is 24.4 Å². The van der Waals surface area contributed by atoms with E-state index in [0.29, 0.717) is 11.4 Å². The summed E-state index contributed by atoms with van der Waals surface area (Å²) < 4.78 is 5.18. The predicted octanol–water partition coefficient (Wildman–Crippen LogP) is 0.571. The molecule has 2 aromatic rings. The number of methoxy groups -OCH3 is 1. The lowest BCUT2D eigenvalue weighted by atomic mass is 10.1. The molecule has 19 heavy (non-hydrogen) atoms. The monoisotopic (exact) mass is 261 g/mol. The Labute approximate surface area is 109 Å². The molecule has 1 amide bonds. The zero-order chi connectivity index (χ0) is 13.7. The minimum atomic E-state index is -0.214. The molecule has 0 fully saturated rings. The number of carbonyl (C=O) groups excluding carboxylic acids is 1. The first-order chi connectivity index (χ1) is 9.19. The van der Waals surface area contributed by atoms with Gasteiger partial charge in [-0.2, -0.15) is 0 Å². The van der Waals surface area contributed by atoms with Crippen molar-refractivity contribution in [2.75, 3.05) is 7.11 Å². The minimum absolute atomic E-state index is 0.133. The molecule has 100 valence electrons. The molecule has 0 unspecified atom stereocenters. The topological polar surface area (TPSA) is 87.0 Å². The third-order valence-corrected chi connectivity index (χ3v) is 2.67. The highest BCUT2D eigenvalue weighted by molar-refractivity contribution is 5.79. The van der Waals surface area contributed by atoms with Gasteiger partial charge in [0.25, 0.3) is 5.56 Å². The third-order valence-electron chi connectivity index (χ3n) is 2.67. The second-order valence-electron chi connectivity index (χ2n) is 4.05. The molecular formula is C13H15N3O3. The lowest BCUT2D eigenvalue weighted by molar-refractivity contribution is -0.120. The standard InChI is InChI=1S/C13H15N3O3/c1-19-11-5-3-2-4-9(11)6-12(17)14-8-10-7-13(18)16-15-10/h2-5,7H,6,8H2,1H3,(H,14,17)(H2,15,16,18). The number of ether oxygens (including phenoxy) is 1. The Bertz CT molecular complexity index is 615. The largest absolute Gasteiger partial charge is 0.496 e. The highest BCUT2D eigenvalue weighted by atomic mass is 16.5. The third kappa shape index (κ3) is 3.48. The summed E-state index contributed by atoms with van der Waals surface area (Å²) in [6.45, 7) is 0.284. The molecule has 2 rings (SSSR count). The summed E-state index contributed by atoms with van der Waals surface area (Å²) in [6, 6.07) is 8.77. The Kier molecular flexibility index (Phi) is 4.02. The maximum absolute atomic E-state index is 11.8. The van der Waals surface area contributed by atoms with Gasteiger partial charge in [-0.05, 0) is 6.07 Å². The van der Waals surface area contributed by atoms with Gasteiger partial charge in [0.2, 0.25) is 5.91 Å². The fourth-order valence-electron chi connectivity index (χ4n) is 1.75. The van der Waals surface area contributed by atoms with Crippen molar-refractivity contribution >= 4 is 5.91 Å². The van der Waals surface area contributed by atoms with Gasteiger partial charge in [0.1, 0.15) is 5.75 Å². The van der Waals surface area contributed by atoms with Crippen LogP contribution in [0.2, 0.25) is 0 Å². The number of hydrogen-bond acceptors (Lipinski definition) is 3. The lowest BCUT2D eigenvalue weighted by Gasteiger charge is -2.08. The van der Waals surface area contributed by atoms with Gasteiger partial charge in [-0.15, -0.1) is 0 Å². The van der Waals surface area contributed by atoms with Crippen molar-refractivity contribution in [3.05, 3.63) is 51.9 Å². The van der Waals surface area contributed by atoms with Crippen LogP contribution < -0.4 is 15.6 Å². The Morgan fingerprint density at radius 2 is 2.11 bits per heavy atom. The van der Waals surface area contributed by atoms with E-state index in [4.69, 9.17) is 4.74 Å². The van der Waals surface area contributed by atoms with Crippen LogP contribution in [0.1, 0.15) is 11.3 Å². The van der Waals surface area contributed by atoms with E-state index < -0.39 is 0 Å². The lowest BCUT2D eigenvalue weighted by Crippen LogP contribution is -2.24. The molecule has 6 heteroatoms. The number of aromatic nitrogens is 2. The number of aromatic amines is 2. The maximum atomic E-state index is 11.8. The Morgan fingerprint density at radius 3 is 2.79 bits per heavy atom. The SMILES string of the molecule is COc1ccccc1CC(=O)NCc1cc(=O)[nH][nH]1. The normalized spacial score (nSPS) is 10.2. The van der Waals surface area contributed by atoms with Crippen molar-refractivity contribution in [2.24, 2.45) is 0 Å². The van der Waals surface area contributed by atoms with Crippen molar-refractivity contribution in [3.8, 4) is 5.75 Å². The Balaban J connectivity index is 1.92. The van der Waals surface area contributed by atoms with Crippen molar-refractivity contribution in [2.45, 2.75) is 13.0 Å². The minimum Gasteiger partial charge on any atom is -0.496 e. The average Bonchev–Trinajstić information content (AvgIpc) is 2.83. The number of carbonyl (C=O) groups is 1. The highest BCUT2D eigenvalue weighted by Crippen LogP contribution is 2.17. The molecule has 0 aliphatic heterocycles. The summed E-state index contributed by atoms with van der Waals surface area (Å²) in [5.74, 6) is 0.555. The van der Waals surface area contributed by atoms with Crippen LogP contribution in [0.25, 0.3) is 0 Å². The van der Waals surface area contributed by atoms with E-state index in [1.54, 1.807) is 7.11 Å². The van der Waals surface area contributed by atoms with E-state index >= 15 is 0 Å². The number of para-hydroxylation sites is 1. The molecule has 0 radical (unpaired) electrons. The molecule has 0 atom stereocenters. The number of H-pyrrole nitrogens is 2. The summed E-state index contributed by atoms with van der Waals surface area (Å²) >= 11 is 0. The van der Waals surface area contributed by atoms with Crippen molar-refractivity contribution in [1.29, 1.82) is 0 Å². The molecule has 0 aliphatic carbocycles. The summed E-state index contributed by atoms with van der Waals surface area (Å²) in [6.07, 6.45) is 0.235. The zero-order valence-corrected chi connectivity index (χ0v) is 10.5. The first kappa shape index (κ1) is 12.9. The summed E-state index contributed by atoms with van der Waals surface area (Å²) in [4.78, 5) is 22.7. The van der Waals surface area contributed by atoms with Gasteiger partial charge in [-0.3, -0.25) is 14.7 Å². The fourth-order valence-corrected chi connectivity index (χ4v) is 1.75. The molecule has 1 heterocycles. The predicted molar refractivity (Wildman–Crippen MR) is 70.0 cm³/mol. The molecule has 3 N–H and O–H groups in total. The second kappa shape index (κ2) is 5.90. The van der Waals surface area contributed by atoms with Crippen LogP contribution in [0, 0.1) is 0 Å². The molecule has 0 aliphatic rings. The van der Waals surface area contributed by atoms with Gasteiger partial charge in [-0.1, -0.05) is 18.2 Å². The van der Waals surface area contributed by atoms with Crippen LogP contribution >= 0.6 is 0 Å². The van der Waals surface area contributed by atoms with Gasteiger partial charge in [0, 0.05) is 11.6 Å². The van der Waals surface area contributed by atoms with Crippen molar-refractivity contribution in [1.82, 2.24) is 15.5 Å². The van der Waals surface area contributed by atoms with E-state index in [9.17, 15) is 9.59 Å². The van der Waals surface area contributed by atoms with Gasteiger partial charge < -0.3 is 15.2 Å². The first-order valence-corrected chi connectivity index (χ1v) is 5.84. The van der Waals surface area contributed by atoms with Crippen molar-refractivity contribution < 1.29 is 9.53 Å². The molecule has 0 spiro atoms. The van der Waals surface area contributed by atoms with Crippen LogP contribution in [0.15, 0.2) is 35.1 Å². The van der Waals surface area contributed by atoms with Gasteiger partial charge >= 0.3 is 0 Å². The summed E-state index contributed by atoms with van der Waals surface area (Å²) in [7, 11) is 1.57. The Morgan fingerprint density at radius 1 is 1.32 bits per heavy atom. The summed E-state index contributed by atoms with van der Waals surface area (Å²) in [5, 5.41) is 7.81. The van der Waals surface area contributed by atoms with Gasteiger partial charge in [-0.25, -0.2) is 0 Å². The average molecular weight is 261 g/mol. The zero-order valence-electron chi connectivity index (χ0n) is 10.5. The smallest absolute Gasteiger partial charge is 0.264 e. The quantitative estimate of drug-likeness (QED) is 0.735. The second-order valence-corrected chi connectivity index (χ2v) is 4.05. The van der Waals surface area contributed by atoms with Crippen LogP contribution in [0.5, 0.6) is 5.75 Å². The molecule has 1 aromatic carbocycles. The number of hydrogen-bond donors (Lipinski definition) is 3. The van der Waals surface area contributed by atoms with Crippen molar-refractivity contribution in [3.63, 3.8) is 0 Å². The molecular weight excluding hydrogens is 246 g/mol. The van der Waals surface area contributed by atoms with E-state index in [0.717, 1.165) is 5.56 Å². The first-order valence-electron chi connectivity index (χ1n) is 5.84. The highest BCUT2D eigenvalue weighted by Gasteiger charge is 2.08. The van der Waals surface area contributed by atoms with Crippen LogP contribution in [0.4, 0.5) is 0 Å². The van der Waals surface area contributed by atoms with Crippen LogP contribution in [0.3, 0.4) is 0 Å². The number of rotatable bonds is 5. The van der Waals surface area contributed by atoms with E-state index in [1.165, 1.54) is 6.07 Å². The maximum Gasteiger partial charge on any atom is 0.264 e. The van der Waals surface area contributed by atoms with Gasteiger partial charge in [0.15, 0.2) is 0 Å². The van der Waals surface area contributed by atoms with Crippen LogP contribution in [-0.4, -0.2) is 23.2 Å². The molecule has 0 saturated heterocycles. The number of amides is 1. The molecule has 1 aromatic heterocycles. The van der Waals surface area contributed by atoms with E-state index in [2.05, 4.69) is 15.5 Å². The fraction of sp³-hybridized carbons (Fsp3) is 0.231. The molecule has 6 nitrogen and oxygen atoms in total. The molecule has 0 bridgehead atoms. The number of nitrogens with one attached hydrogen (secondary N) is 3. The Hall–Kier alpha value is -2.50. The van der Waals surface area contributed by atoms with Crippen LogP contribution in [-0.2, 0) is 17.8 Å². The van der Waals surface area contributed by atoms with Gasteiger partial charge in [0.05, 0.1) is 25.8 Å². The number of benzene rings is 1. The van der Waals surface area contributed by atoms with E-state index in [1.807, 2.05) is 24.3 Å². The molecule has 0 saturated carbocycles.